The van der Waals surface area contributed by atoms with E-state index in [2.05, 4.69) is 5.32 Å². The van der Waals surface area contributed by atoms with Crippen molar-refractivity contribution in [3.8, 4) is 5.75 Å². The van der Waals surface area contributed by atoms with E-state index < -0.39 is 10.0 Å². The third-order valence-electron chi connectivity index (χ3n) is 4.05. The van der Waals surface area contributed by atoms with E-state index in [-0.39, 0.29) is 12.4 Å². The summed E-state index contributed by atoms with van der Waals surface area (Å²) in [5.74, 6) is 0.791. The number of ether oxygens (including phenoxy) is 1. The fraction of sp³-hybridized carbons (Fsp3) is 0.250. The van der Waals surface area contributed by atoms with E-state index in [1.807, 2.05) is 24.3 Å². The number of rotatable bonds is 2. The minimum Gasteiger partial charge on any atom is -0.493 e. The molecule has 7 heteroatoms. The average molecular weight is 353 g/mol. The first-order valence-corrected chi connectivity index (χ1v) is 8.72. The van der Waals surface area contributed by atoms with Crippen LogP contribution in [0.2, 0.25) is 0 Å². The normalized spacial score (nSPS) is 15.7. The zero-order chi connectivity index (χ0) is 15.2. The smallest absolute Gasteiger partial charge is 0.264 e. The van der Waals surface area contributed by atoms with Gasteiger partial charge in [0.05, 0.1) is 29.4 Å². The first-order valence-electron chi connectivity index (χ1n) is 7.28. The Hall–Kier alpha value is -1.92. The lowest BCUT2D eigenvalue weighted by Gasteiger charge is -2.31. The molecule has 0 atom stereocenters. The molecule has 2 heterocycles. The van der Waals surface area contributed by atoms with Crippen molar-refractivity contribution >= 4 is 33.8 Å². The molecule has 0 aliphatic carbocycles. The molecule has 0 fully saturated rings. The molecule has 2 aromatic rings. The van der Waals surface area contributed by atoms with Gasteiger partial charge in [-0.25, -0.2) is 8.42 Å². The summed E-state index contributed by atoms with van der Waals surface area (Å²) in [6.45, 7) is 1.65. The predicted molar refractivity (Wildman–Crippen MR) is 92.4 cm³/mol. The van der Waals surface area contributed by atoms with E-state index in [9.17, 15) is 8.42 Å². The van der Waals surface area contributed by atoms with Crippen molar-refractivity contribution < 1.29 is 13.2 Å². The lowest BCUT2D eigenvalue weighted by Crippen LogP contribution is -2.38. The van der Waals surface area contributed by atoms with Gasteiger partial charge in [0.1, 0.15) is 5.75 Å². The van der Waals surface area contributed by atoms with Gasteiger partial charge < -0.3 is 10.1 Å². The van der Waals surface area contributed by atoms with Crippen LogP contribution in [0.5, 0.6) is 5.75 Å². The molecule has 0 saturated heterocycles. The minimum absolute atomic E-state index is 0. The molecule has 2 aliphatic rings. The largest absolute Gasteiger partial charge is 0.493 e. The first-order chi connectivity index (χ1) is 10.7. The monoisotopic (exact) mass is 352 g/mol. The van der Waals surface area contributed by atoms with Gasteiger partial charge in [-0.15, -0.1) is 12.4 Å². The highest BCUT2D eigenvalue weighted by Crippen LogP contribution is 2.34. The summed E-state index contributed by atoms with van der Waals surface area (Å²) in [4.78, 5) is 0.327. The lowest BCUT2D eigenvalue weighted by molar-refractivity contribution is 0.356. The second kappa shape index (κ2) is 5.94. The maximum atomic E-state index is 13.0. The molecule has 1 N–H and O–H groups in total. The van der Waals surface area contributed by atoms with Crippen molar-refractivity contribution in [2.45, 2.75) is 11.3 Å². The number of hydrogen-bond donors (Lipinski definition) is 1. The number of nitrogens with zero attached hydrogens (tertiary/aromatic N) is 1. The van der Waals surface area contributed by atoms with Gasteiger partial charge in [0.2, 0.25) is 0 Å². The van der Waals surface area contributed by atoms with Gasteiger partial charge in [-0.05, 0) is 35.9 Å². The molecule has 5 nitrogen and oxygen atoms in total. The summed E-state index contributed by atoms with van der Waals surface area (Å²) in [7, 11) is -3.56. The van der Waals surface area contributed by atoms with Crippen LogP contribution in [0.1, 0.15) is 5.56 Å². The Bertz CT molecular complexity index is 839. The summed E-state index contributed by atoms with van der Waals surface area (Å²) < 4.78 is 32.9. The van der Waals surface area contributed by atoms with E-state index in [4.69, 9.17) is 4.74 Å². The van der Waals surface area contributed by atoms with Crippen LogP contribution in [0.4, 0.5) is 11.4 Å². The van der Waals surface area contributed by atoms with E-state index in [1.54, 1.807) is 18.2 Å². The molecular formula is C16H17ClN2O3S. The van der Waals surface area contributed by atoms with Gasteiger partial charge >= 0.3 is 0 Å². The molecule has 0 unspecified atom stereocenters. The maximum Gasteiger partial charge on any atom is 0.264 e. The third-order valence-corrected chi connectivity index (χ3v) is 5.86. The molecule has 0 amide bonds. The van der Waals surface area contributed by atoms with E-state index >= 15 is 0 Å². The zero-order valence-corrected chi connectivity index (χ0v) is 14.0. The fourth-order valence-electron chi connectivity index (χ4n) is 2.95. The summed E-state index contributed by atoms with van der Waals surface area (Å²) in [6.07, 6.45) is 0.761. The van der Waals surface area contributed by atoms with Crippen molar-refractivity contribution in [3.05, 3.63) is 48.0 Å². The highest BCUT2D eigenvalue weighted by Gasteiger charge is 2.29. The van der Waals surface area contributed by atoms with Gasteiger partial charge in [0.25, 0.3) is 10.0 Å². The van der Waals surface area contributed by atoms with Crippen LogP contribution in [-0.4, -0.2) is 28.1 Å². The Balaban J connectivity index is 0.00000156. The van der Waals surface area contributed by atoms with Crippen molar-refractivity contribution in [2.75, 3.05) is 29.3 Å². The van der Waals surface area contributed by atoms with Crippen LogP contribution in [0, 0.1) is 0 Å². The molecule has 0 saturated carbocycles. The van der Waals surface area contributed by atoms with E-state index in [1.165, 1.54) is 4.31 Å². The SMILES string of the molecule is Cl.O=S(=O)(c1ccc2c(c1)CCO2)N1CCNc2ccccc21. The molecule has 23 heavy (non-hydrogen) atoms. The summed E-state index contributed by atoms with van der Waals surface area (Å²) in [6, 6.07) is 12.6. The highest BCUT2D eigenvalue weighted by atomic mass is 35.5. The Morgan fingerprint density at radius 3 is 2.83 bits per heavy atom. The Morgan fingerprint density at radius 2 is 1.96 bits per heavy atom. The molecule has 0 radical (unpaired) electrons. The number of hydrogen-bond acceptors (Lipinski definition) is 4. The zero-order valence-electron chi connectivity index (χ0n) is 12.4. The van der Waals surface area contributed by atoms with Crippen molar-refractivity contribution in [1.29, 1.82) is 0 Å². The molecule has 2 aromatic carbocycles. The van der Waals surface area contributed by atoms with Crippen LogP contribution < -0.4 is 14.4 Å². The van der Waals surface area contributed by atoms with Gasteiger partial charge in [0, 0.05) is 13.0 Å². The number of sulfonamides is 1. The molecule has 4 rings (SSSR count). The molecule has 122 valence electrons. The number of halogens is 1. The second-order valence-electron chi connectivity index (χ2n) is 5.39. The quantitative estimate of drug-likeness (QED) is 0.902. The second-order valence-corrected chi connectivity index (χ2v) is 7.25. The number of nitrogens with one attached hydrogen (secondary N) is 1. The fourth-order valence-corrected chi connectivity index (χ4v) is 4.49. The van der Waals surface area contributed by atoms with Gasteiger partial charge in [-0.1, -0.05) is 12.1 Å². The summed E-state index contributed by atoms with van der Waals surface area (Å²) >= 11 is 0. The van der Waals surface area contributed by atoms with Crippen LogP contribution in [0.15, 0.2) is 47.4 Å². The van der Waals surface area contributed by atoms with Crippen molar-refractivity contribution in [3.63, 3.8) is 0 Å². The maximum absolute atomic E-state index is 13.0. The van der Waals surface area contributed by atoms with Crippen LogP contribution in [-0.2, 0) is 16.4 Å². The average Bonchev–Trinajstić information content (AvgIpc) is 3.02. The standard InChI is InChI=1S/C16H16N2O3S.ClH/c19-22(20,13-5-6-16-12(11-13)7-10-21-16)18-9-8-17-14-3-1-2-4-15(14)18;/h1-6,11,17H,7-10H2;1H. The van der Waals surface area contributed by atoms with Crippen LogP contribution in [0.25, 0.3) is 0 Å². The van der Waals surface area contributed by atoms with Gasteiger partial charge in [0.15, 0.2) is 0 Å². The Labute approximate surface area is 141 Å². The number of benzene rings is 2. The van der Waals surface area contributed by atoms with E-state index in [0.29, 0.717) is 30.3 Å². The van der Waals surface area contributed by atoms with Crippen molar-refractivity contribution in [2.24, 2.45) is 0 Å². The van der Waals surface area contributed by atoms with Crippen LogP contribution >= 0.6 is 12.4 Å². The molecule has 0 spiro atoms. The van der Waals surface area contributed by atoms with Gasteiger partial charge in [-0.3, -0.25) is 4.31 Å². The Morgan fingerprint density at radius 1 is 1.13 bits per heavy atom. The minimum atomic E-state index is -3.56. The van der Waals surface area contributed by atoms with Crippen LogP contribution in [0.3, 0.4) is 0 Å². The number of fused-ring (bicyclic) bond motifs is 2. The molecule has 0 aromatic heterocycles. The number of para-hydroxylation sites is 2. The van der Waals surface area contributed by atoms with E-state index in [0.717, 1.165) is 23.4 Å². The summed E-state index contributed by atoms with van der Waals surface area (Å²) in [5.41, 5.74) is 2.51. The van der Waals surface area contributed by atoms with Gasteiger partial charge in [-0.2, -0.15) is 0 Å². The highest BCUT2D eigenvalue weighted by molar-refractivity contribution is 7.92. The predicted octanol–water partition coefficient (Wildman–Crippen LogP) is 2.66. The molecule has 0 bridgehead atoms. The third kappa shape index (κ3) is 2.62. The number of anilines is 2. The van der Waals surface area contributed by atoms with Crippen molar-refractivity contribution in [1.82, 2.24) is 0 Å². The summed E-state index contributed by atoms with van der Waals surface area (Å²) in [5, 5.41) is 3.23. The first kappa shape index (κ1) is 16.0. The topological polar surface area (TPSA) is 58.6 Å². The molecule has 2 aliphatic heterocycles. The molecular weight excluding hydrogens is 336 g/mol. The Kier molecular flexibility index (Phi) is 4.12. The lowest BCUT2D eigenvalue weighted by atomic mass is 10.2.